The molecule has 0 saturated carbocycles. The third kappa shape index (κ3) is 5.06. The van der Waals surface area contributed by atoms with Crippen LogP contribution in [0.5, 0.6) is 11.5 Å². The third-order valence-electron chi connectivity index (χ3n) is 6.46. The van der Waals surface area contributed by atoms with Gasteiger partial charge in [-0.1, -0.05) is 25.1 Å². The number of ketones is 1. The van der Waals surface area contributed by atoms with Crippen molar-refractivity contribution in [2.45, 2.75) is 38.6 Å². The molecule has 2 saturated heterocycles. The van der Waals surface area contributed by atoms with E-state index in [0.717, 1.165) is 49.5 Å². The van der Waals surface area contributed by atoms with Crippen molar-refractivity contribution in [3.05, 3.63) is 60.2 Å². The quantitative estimate of drug-likeness (QED) is 0.658. The SMILES string of the molecule is CCN1CCC(N2CCCC(C(=O)c3ccc(Oc4ccccc4)cc3)C2)CC1. The predicted molar refractivity (Wildman–Crippen MR) is 117 cm³/mol. The zero-order chi connectivity index (χ0) is 20.1. The summed E-state index contributed by atoms with van der Waals surface area (Å²) < 4.78 is 5.85. The van der Waals surface area contributed by atoms with Gasteiger partial charge in [-0.25, -0.2) is 0 Å². The Morgan fingerprint density at radius 1 is 0.931 bits per heavy atom. The van der Waals surface area contributed by atoms with Gasteiger partial charge in [0.1, 0.15) is 11.5 Å². The number of hydrogen-bond donors (Lipinski definition) is 0. The van der Waals surface area contributed by atoms with Crippen molar-refractivity contribution in [1.82, 2.24) is 9.80 Å². The van der Waals surface area contributed by atoms with Crippen molar-refractivity contribution in [3.63, 3.8) is 0 Å². The number of Topliss-reactive ketones (excluding diaryl/α,β-unsaturated/α-hetero) is 1. The lowest BCUT2D eigenvalue weighted by atomic mass is 9.88. The number of rotatable bonds is 6. The summed E-state index contributed by atoms with van der Waals surface area (Å²) in [5.41, 5.74) is 0.804. The van der Waals surface area contributed by atoms with Gasteiger partial charge < -0.3 is 9.64 Å². The first-order valence-electron chi connectivity index (χ1n) is 11.1. The van der Waals surface area contributed by atoms with Crippen molar-refractivity contribution in [2.75, 3.05) is 32.7 Å². The van der Waals surface area contributed by atoms with Crippen LogP contribution in [0.2, 0.25) is 0 Å². The van der Waals surface area contributed by atoms with E-state index in [0.29, 0.717) is 6.04 Å². The van der Waals surface area contributed by atoms with Crippen LogP contribution >= 0.6 is 0 Å². The average Bonchev–Trinajstić information content (AvgIpc) is 2.80. The van der Waals surface area contributed by atoms with E-state index in [-0.39, 0.29) is 11.7 Å². The Kier molecular flexibility index (Phi) is 6.63. The number of ether oxygens (including phenoxy) is 1. The molecule has 4 rings (SSSR count). The molecule has 0 amide bonds. The fourth-order valence-corrected chi connectivity index (χ4v) is 4.70. The molecule has 4 heteroatoms. The summed E-state index contributed by atoms with van der Waals surface area (Å²) >= 11 is 0. The van der Waals surface area contributed by atoms with Crippen LogP contribution in [0, 0.1) is 5.92 Å². The van der Waals surface area contributed by atoms with Gasteiger partial charge in [0.05, 0.1) is 0 Å². The van der Waals surface area contributed by atoms with Gasteiger partial charge in [-0.3, -0.25) is 9.69 Å². The molecular formula is C25H32N2O2. The Morgan fingerprint density at radius 2 is 1.62 bits per heavy atom. The van der Waals surface area contributed by atoms with Crippen LogP contribution in [0.4, 0.5) is 0 Å². The minimum Gasteiger partial charge on any atom is -0.457 e. The standard InChI is InChI=1S/C25H32N2O2/c1-2-26-17-14-22(15-18-26)27-16-6-7-21(19-27)25(28)20-10-12-24(13-11-20)29-23-8-4-3-5-9-23/h3-5,8-13,21-22H,2,6-7,14-19H2,1H3. The molecule has 4 nitrogen and oxygen atoms in total. The molecular weight excluding hydrogens is 360 g/mol. The molecule has 2 fully saturated rings. The summed E-state index contributed by atoms with van der Waals surface area (Å²) in [4.78, 5) is 18.2. The lowest BCUT2D eigenvalue weighted by molar-refractivity contribution is 0.0604. The highest BCUT2D eigenvalue weighted by Crippen LogP contribution is 2.27. The van der Waals surface area contributed by atoms with Gasteiger partial charge in [-0.2, -0.15) is 0 Å². The van der Waals surface area contributed by atoms with Gasteiger partial charge in [0.15, 0.2) is 5.78 Å². The molecule has 2 aromatic rings. The largest absolute Gasteiger partial charge is 0.457 e. The van der Waals surface area contributed by atoms with E-state index in [1.807, 2.05) is 54.6 Å². The minimum atomic E-state index is 0.119. The first-order chi connectivity index (χ1) is 14.2. The molecule has 0 aliphatic carbocycles. The lowest BCUT2D eigenvalue weighted by Gasteiger charge is -2.41. The van der Waals surface area contributed by atoms with E-state index in [1.54, 1.807) is 0 Å². The van der Waals surface area contributed by atoms with E-state index in [1.165, 1.54) is 25.9 Å². The van der Waals surface area contributed by atoms with Crippen LogP contribution in [0.15, 0.2) is 54.6 Å². The van der Waals surface area contributed by atoms with E-state index in [2.05, 4.69) is 16.7 Å². The van der Waals surface area contributed by atoms with Crippen LogP contribution in [-0.4, -0.2) is 54.3 Å². The van der Waals surface area contributed by atoms with Crippen LogP contribution in [-0.2, 0) is 0 Å². The Hall–Kier alpha value is -2.17. The van der Waals surface area contributed by atoms with Gasteiger partial charge in [0, 0.05) is 24.1 Å². The monoisotopic (exact) mass is 392 g/mol. The first-order valence-corrected chi connectivity index (χ1v) is 11.1. The zero-order valence-electron chi connectivity index (χ0n) is 17.4. The van der Waals surface area contributed by atoms with Gasteiger partial charge in [-0.15, -0.1) is 0 Å². The summed E-state index contributed by atoms with van der Waals surface area (Å²) in [5.74, 6) is 1.98. The summed E-state index contributed by atoms with van der Waals surface area (Å²) in [6, 6.07) is 18.0. The smallest absolute Gasteiger partial charge is 0.167 e. The van der Waals surface area contributed by atoms with Crippen molar-refractivity contribution < 1.29 is 9.53 Å². The van der Waals surface area contributed by atoms with Crippen molar-refractivity contribution in [1.29, 1.82) is 0 Å². The number of carbonyl (C=O) groups excluding carboxylic acids is 1. The Bertz CT molecular complexity index is 782. The molecule has 2 heterocycles. The number of para-hydroxylation sites is 1. The molecule has 2 aromatic carbocycles. The molecule has 0 spiro atoms. The number of carbonyl (C=O) groups is 1. The zero-order valence-corrected chi connectivity index (χ0v) is 17.4. The molecule has 2 aliphatic rings. The second kappa shape index (κ2) is 9.55. The Morgan fingerprint density at radius 3 is 2.31 bits per heavy atom. The fourth-order valence-electron chi connectivity index (χ4n) is 4.70. The highest BCUT2D eigenvalue weighted by Gasteiger charge is 2.31. The molecule has 0 N–H and O–H groups in total. The highest BCUT2D eigenvalue weighted by atomic mass is 16.5. The Balaban J connectivity index is 1.35. The summed E-state index contributed by atoms with van der Waals surface area (Å²) in [6.07, 6.45) is 4.60. The van der Waals surface area contributed by atoms with Crippen LogP contribution in [0.25, 0.3) is 0 Å². The molecule has 0 radical (unpaired) electrons. The maximum absolute atomic E-state index is 13.1. The van der Waals surface area contributed by atoms with Crippen molar-refractivity contribution in [2.24, 2.45) is 5.92 Å². The van der Waals surface area contributed by atoms with Gasteiger partial charge >= 0.3 is 0 Å². The Labute approximate surface area is 174 Å². The van der Waals surface area contributed by atoms with Crippen LogP contribution in [0.1, 0.15) is 43.0 Å². The maximum atomic E-state index is 13.1. The summed E-state index contributed by atoms with van der Waals surface area (Å²) in [6.45, 7) is 7.84. The second-order valence-electron chi connectivity index (χ2n) is 8.30. The van der Waals surface area contributed by atoms with E-state index in [9.17, 15) is 4.79 Å². The first kappa shape index (κ1) is 20.1. The summed E-state index contributed by atoms with van der Waals surface area (Å²) in [5, 5.41) is 0. The second-order valence-corrected chi connectivity index (χ2v) is 8.30. The number of nitrogens with zero attached hydrogens (tertiary/aromatic N) is 2. The van der Waals surface area contributed by atoms with Gasteiger partial charge in [0.2, 0.25) is 0 Å². The fraction of sp³-hybridized carbons (Fsp3) is 0.480. The van der Waals surface area contributed by atoms with E-state index in [4.69, 9.17) is 4.74 Å². The normalized spacial score (nSPS) is 21.8. The molecule has 1 unspecified atom stereocenters. The number of benzene rings is 2. The highest BCUT2D eigenvalue weighted by molar-refractivity contribution is 5.98. The van der Waals surface area contributed by atoms with Crippen LogP contribution in [0.3, 0.4) is 0 Å². The number of hydrogen-bond acceptors (Lipinski definition) is 4. The van der Waals surface area contributed by atoms with Crippen molar-refractivity contribution in [3.8, 4) is 11.5 Å². The predicted octanol–water partition coefficient (Wildman–Crippen LogP) is 4.86. The number of likely N-dealkylation sites (tertiary alicyclic amines) is 2. The molecule has 29 heavy (non-hydrogen) atoms. The third-order valence-corrected chi connectivity index (χ3v) is 6.46. The van der Waals surface area contributed by atoms with Crippen molar-refractivity contribution >= 4 is 5.78 Å². The topological polar surface area (TPSA) is 32.8 Å². The molecule has 1 atom stereocenters. The van der Waals surface area contributed by atoms with E-state index >= 15 is 0 Å². The average molecular weight is 393 g/mol. The molecule has 2 aliphatic heterocycles. The minimum absolute atomic E-state index is 0.119. The molecule has 154 valence electrons. The van der Waals surface area contributed by atoms with Gasteiger partial charge in [-0.05, 0) is 88.3 Å². The van der Waals surface area contributed by atoms with E-state index < -0.39 is 0 Å². The maximum Gasteiger partial charge on any atom is 0.167 e. The molecule has 0 aromatic heterocycles. The summed E-state index contributed by atoms with van der Waals surface area (Å²) in [7, 11) is 0. The lowest BCUT2D eigenvalue weighted by Crippen LogP contribution is -2.49. The number of piperidine rings is 2. The van der Waals surface area contributed by atoms with Gasteiger partial charge in [0.25, 0.3) is 0 Å². The van der Waals surface area contributed by atoms with Crippen LogP contribution < -0.4 is 4.74 Å². The molecule has 0 bridgehead atoms.